The van der Waals surface area contributed by atoms with Crippen molar-refractivity contribution in [2.75, 3.05) is 0 Å². The van der Waals surface area contributed by atoms with Crippen LogP contribution in [0.2, 0.25) is 5.02 Å². The summed E-state index contributed by atoms with van der Waals surface area (Å²) in [6.07, 6.45) is 3.20. The molecule has 1 unspecified atom stereocenters. The average molecular weight is 345 g/mol. The van der Waals surface area contributed by atoms with Crippen molar-refractivity contribution >= 4 is 29.3 Å². The first-order valence-corrected chi connectivity index (χ1v) is 7.64. The lowest BCUT2D eigenvalue weighted by Gasteiger charge is -2.21. The number of carbonyl (C=O) groups excluding carboxylic acids is 3. The van der Waals surface area contributed by atoms with Crippen molar-refractivity contribution in [3.8, 4) is 11.4 Å². The minimum absolute atomic E-state index is 0.193. The third-order valence-electron chi connectivity index (χ3n) is 3.57. The lowest BCUT2D eigenvalue weighted by atomic mass is 10.1. The van der Waals surface area contributed by atoms with Crippen molar-refractivity contribution in [1.82, 2.24) is 20.6 Å². The summed E-state index contributed by atoms with van der Waals surface area (Å²) in [5.41, 5.74) is 0.881. The number of benzene rings is 1. The monoisotopic (exact) mass is 344 g/mol. The van der Waals surface area contributed by atoms with E-state index in [0.29, 0.717) is 16.4 Å². The fraction of sp³-hybridized carbons (Fsp3) is 0.188. The van der Waals surface area contributed by atoms with Gasteiger partial charge >= 0.3 is 0 Å². The number of hydrogen-bond acceptors (Lipinski definition) is 5. The Balaban J connectivity index is 1.71. The van der Waals surface area contributed by atoms with Crippen LogP contribution in [-0.4, -0.2) is 33.7 Å². The largest absolute Gasteiger partial charge is 0.340 e. The number of imide groups is 1. The second-order valence-corrected chi connectivity index (χ2v) is 5.66. The highest BCUT2D eigenvalue weighted by Crippen LogP contribution is 2.24. The van der Waals surface area contributed by atoms with Gasteiger partial charge in [-0.15, -0.1) is 0 Å². The molecule has 0 radical (unpaired) electrons. The Bertz CT molecular complexity index is 807. The third-order valence-corrected chi connectivity index (χ3v) is 3.90. The van der Waals surface area contributed by atoms with Crippen molar-refractivity contribution in [3.63, 3.8) is 0 Å². The minimum atomic E-state index is -0.738. The number of hydrogen-bond donors (Lipinski definition) is 2. The Labute approximate surface area is 142 Å². The molecule has 7 nitrogen and oxygen atoms in total. The molecule has 3 amide bonds. The van der Waals surface area contributed by atoms with E-state index in [1.54, 1.807) is 18.2 Å². The zero-order valence-corrected chi connectivity index (χ0v) is 13.2. The molecule has 1 aromatic carbocycles. The van der Waals surface area contributed by atoms with E-state index in [-0.39, 0.29) is 24.3 Å². The van der Waals surface area contributed by atoms with Gasteiger partial charge in [-0.05, 0) is 18.6 Å². The van der Waals surface area contributed by atoms with Crippen molar-refractivity contribution in [2.45, 2.75) is 18.9 Å². The van der Waals surface area contributed by atoms with Gasteiger partial charge in [-0.1, -0.05) is 23.7 Å². The summed E-state index contributed by atoms with van der Waals surface area (Å²) in [6, 6.07) is 6.38. The van der Waals surface area contributed by atoms with Crippen molar-refractivity contribution in [2.24, 2.45) is 0 Å². The van der Waals surface area contributed by atoms with Crippen molar-refractivity contribution < 1.29 is 14.4 Å². The molecule has 3 rings (SSSR count). The molecule has 24 heavy (non-hydrogen) atoms. The smallest absolute Gasteiger partial charge is 0.255 e. The molecule has 0 bridgehead atoms. The quantitative estimate of drug-likeness (QED) is 0.818. The van der Waals surface area contributed by atoms with Crippen LogP contribution in [0, 0.1) is 0 Å². The van der Waals surface area contributed by atoms with Gasteiger partial charge in [0, 0.05) is 24.4 Å². The summed E-state index contributed by atoms with van der Waals surface area (Å²) in [7, 11) is 0. The molecule has 1 aliphatic rings. The van der Waals surface area contributed by atoms with E-state index in [1.807, 2.05) is 6.07 Å². The molecule has 0 spiro atoms. The molecule has 1 saturated heterocycles. The van der Waals surface area contributed by atoms with E-state index >= 15 is 0 Å². The standard InChI is InChI=1S/C16H13ClN4O3/c17-11-4-2-1-3-10(11)14-18-7-9(8-19-14)15(23)20-12-5-6-13(22)21-16(12)24/h1-4,7-8,12H,5-6H2,(H,20,23)(H,21,22,24). The van der Waals surface area contributed by atoms with E-state index in [4.69, 9.17) is 11.6 Å². The van der Waals surface area contributed by atoms with Gasteiger partial charge in [0.2, 0.25) is 11.8 Å². The predicted octanol–water partition coefficient (Wildman–Crippen LogP) is 1.33. The van der Waals surface area contributed by atoms with Gasteiger partial charge in [0.15, 0.2) is 5.82 Å². The van der Waals surface area contributed by atoms with E-state index < -0.39 is 17.9 Å². The summed E-state index contributed by atoms with van der Waals surface area (Å²) in [4.78, 5) is 43.2. The highest BCUT2D eigenvalue weighted by Gasteiger charge is 2.28. The SMILES string of the molecule is O=C1CCC(NC(=O)c2cnc(-c3ccccc3Cl)nc2)C(=O)N1. The average Bonchev–Trinajstić information content (AvgIpc) is 2.58. The fourth-order valence-electron chi connectivity index (χ4n) is 2.30. The molecule has 122 valence electrons. The van der Waals surface area contributed by atoms with Crippen molar-refractivity contribution in [3.05, 3.63) is 47.2 Å². The Morgan fingerprint density at radius 2 is 1.92 bits per heavy atom. The van der Waals surface area contributed by atoms with Crippen LogP contribution in [0.1, 0.15) is 23.2 Å². The fourth-order valence-corrected chi connectivity index (χ4v) is 2.52. The molecule has 1 aliphatic heterocycles. The molecular formula is C16H13ClN4O3. The second-order valence-electron chi connectivity index (χ2n) is 5.25. The normalized spacial score (nSPS) is 17.3. The Hall–Kier alpha value is -2.80. The molecule has 8 heteroatoms. The highest BCUT2D eigenvalue weighted by atomic mass is 35.5. The summed E-state index contributed by atoms with van der Waals surface area (Å²) < 4.78 is 0. The maximum absolute atomic E-state index is 12.2. The van der Waals surface area contributed by atoms with Gasteiger partial charge in [-0.25, -0.2) is 9.97 Å². The number of amides is 3. The minimum Gasteiger partial charge on any atom is -0.340 e. The van der Waals surface area contributed by atoms with Crippen molar-refractivity contribution in [1.29, 1.82) is 0 Å². The first-order chi connectivity index (χ1) is 11.5. The molecular weight excluding hydrogens is 332 g/mol. The van der Waals surface area contributed by atoms with E-state index in [2.05, 4.69) is 20.6 Å². The topological polar surface area (TPSA) is 101 Å². The van der Waals surface area contributed by atoms with Crippen LogP contribution in [0.4, 0.5) is 0 Å². The number of nitrogens with zero attached hydrogens (tertiary/aromatic N) is 2. The van der Waals surface area contributed by atoms with Crippen LogP contribution in [0.25, 0.3) is 11.4 Å². The van der Waals surface area contributed by atoms with E-state index in [9.17, 15) is 14.4 Å². The van der Waals surface area contributed by atoms with Crippen LogP contribution in [-0.2, 0) is 9.59 Å². The van der Waals surface area contributed by atoms with E-state index in [1.165, 1.54) is 12.4 Å². The Kier molecular flexibility index (Phi) is 4.52. The number of nitrogens with one attached hydrogen (secondary N) is 2. The van der Waals surface area contributed by atoms with Crippen LogP contribution in [0.5, 0.6) is 0 Å². The van der Waals surface area contributed by atoms with Gasteiger partial charge in [0.1, 0.15) is 6.04 Å². The number of rotatable bonds is 3. The first-order valence-electron chi connectivity index (χ1n) is 7.26. The van der Waals surface area contributed by atoms with Gasteiger partial charge < -0.3 is 5.32 Å². The summed E-state index contributed by atoms with van der Waals surface area (Å²) in [5.74, 6) is -0.917. The molecule has 0 saturated carbocycles. The zero-order valence-electron chi connectivity index (χ0n) is 12.5. The van der Waals surface area contributed by atoms with Crippen LogP contribution in [0.3, 0.4) is 0 Å². The van der Waals surface area contributed by atoms with Crippen LogP contribution >= 0.6 is 11.6 Å². The molecule has 0 aliphatic carbocycles. The lowest BCUT2D eigenvalue weighted by molar-refractivity contribution is -0.134. The Morgan fingerprint density at radius 1 is 1.21 bits per heavy atom. The summed E-state index contributed by atoms with van der Waals surface area (Å²) >= 11 is 6.09. The highest BCUT2D eigenvalue weighted by molar-refractivity contribution is 6.33. The number of halogens is 1. The van der Waals surface area contributed by atoms with Gasteiger partial charge in [0.05, 0.1) is 10.6 Å². The second kappa shape index (κ2) is 6.76. The van der Waals surface area contributed by atoms with E-state index in [0.717, 1.165) is 0 Å². The Morgan fingerprint density at radius 3 is 2.58 bits per heavy atom. The molecule has 2 aromatic rings. The zero-order chi connectivity index (χ0) is 17.1. The molecule has 1 aromatic heterocycles. The van der Waals surface area contributed by atoms with Gasteiger partial charge in [-0.3, -0.25) is 19.7 Å². The first kappa shape index (κ1) is 16.1. The molecule has 2 N–H and O–H groups in total. The molecule has 1 atom stereocenters. The number of piperidine rings is 1. The maximum atomic E-state index is 12.2. The number of aromatic nitrogens is 2. The number of carbonyl (C=O) groups is 3. The molecule has 2 heterocycles. The van der Waals surface area contributed by atoms with Crippen LogP contribution < -0.4 is 10.6 Å². The predicted molar refractivity (Wildman–Crippen MR) is 86.1 cm³/mol. The molecule has 1 fully saturated rings. The maximum Gasteiger partial charge on any atom is 0.255 e. The lowest BCUT2D eigenvalue weighted by Crippen LogP contribution is -2.52. The van der Waals surface area contributed by atoms with Crippen LogP contribution in [0.15, 0.2) is 36.7 Å². The third kappa shape index (κ3) is 3.41. The summed E-state index contributed by atoms with van der Waals surface area (Å²) in [6.45, 7) is 0. The van der Waals surface area contributed by atoms with Gasteiger partial charge in [-0.2, -0.15) is 0 Å². The summed E-state index contributed by atoms with van der Waals surface area (Å²) in [5, 5.41) is 5.26. The van der Waals surface area contributed by atoms with Gasteiger partial charge in [0.25, 0.3) is 5.91 Å².